The third kappa shape index (κ3) is 3.00. The molecule has 0 bridgehead atoms. The minimum Gasteiger partial charge on any atom is -0.344 e. The third-order valence-electron chi connectivity index (χ3n) is 3.59. The second kappa shape index (κ2) is 6.04. The lowest BCUT2D eigenvalue weighted by atomic mass is 10.1. The number of aromatic nitrogens is 3. The van der Waals surface area contributed by atoms with Gasteiger partial charge in [-0.25, -0.2) is 13.4 Å². The van der Waals surface area contributed by atoms with Crippen molar-refractivity contribution in [2.24, 2.45) is 0 Å². The fourth-order valence-corrected chi connectivity index (χ4v) is 3.19. The number of nitrogens with zero attached hydrogens (tertiary/aromatic N) is 3. The van der Waals surface area contributed by atoms with E-state index < -0.39 is 15.7 Å². The van der Waals surface area contributed by atoms with Crippen LogP contribution in [-0.4, -0.2) is 34.9 Å². The van der Waals surface area contributed by atoms with Gasteiger partial charge in [-0.05, 0) is 30.7 Å². The van der Waals surface area contributed by atoms with Gasteiger partial charge in [0.25, 0.3) is 5.91 Å². The number of rotatable bonds is 4. The molecule has 0 fully saturated rings. The number of amides is 1. The molecule has 3 aromatic heterocycles. The predicted molar refractivity (Wildman–Crippen MR) is 88.4 cm³/mol. The molecule has 0 aromatic carbocycles. The number of carbonyl (C=O) groups excluding carboxylic acids is 1. The molecule has 0 spiro atoms. The smallest absolute Gasteiger partial charge is 0.272 e. The van der Waals surface area contributed by atoms with E-state index in [-0.39, 0.29) is 16.9 Å². The van der Waals surface area contributed by atoms with Gasteiger partial charge in [0, 0.05) is 24.8 Å². The molecule has 0 aliphatic heterocycles. The van der Waals surface area contributed by atoms with E-state index in [1.807, 2.05) is 13.0 Å². The molecule has 0 radical (unpaired) electrons. The van der Waals surface area contributed by atoms with Crippen LogP contribution in [0.1, 0.15) is 29.0 Å². The monoisotopic (exact) mass is 344 g/mol. The number of fused-ring (bicyclic) bond motifs is 1. The van der Waals surface area contributed by atoms with E-state index in [0.717, 1.165) is 11.8 Å². The van der Waals surface area contributed by atoms with Crippen LogP contribution in [0.4, 0.5) is 0 Å². The topological polar surface area (TPSA) is 93.4 Å². The minimum absolute atomic E-state index is 0.0757. The molecule has 1 amide bonds. The van der Waals surface area contributed by atoms with Crippen LogP contribution in [0, 0.1) is 0 Å². The zero-order chi connectivity index (χ0) is 17.3. The van der Waals surface area contributed by atoms with Crippen molar-refractivity contribution in [1.29, 1.82) is 0 Å². The van der Waals surface area contributed by atoms with Crippen molar-refractivity contribution in [2.75, 3.05) is 6.26 Å². The molecule has 8 heteroatoms. The van der Waals surface area contributed by atoms with Gasteiger partial charge in [-0.15, -0.1) is 0 Å². The third-order valence-corrected chi connectivity index (χ3v) is 4.55. The Balaban J connectivity index is 1.99. The lowest BCUT2D eigenvalue weighted by Crippen LogP contribution is -2.27. The Labute approximate surface area is 139 Å². The van der Waals surface area contributed by atoms with Crippen LogP contribution in [0.15, 0.2) is 54.1 Å². The summed E-state index contributed by atoms with van der Waals surface area (Å²) >= 11 is 0. The lowest BCUT2D eigenvalue weighted by molar-refractivity contribution is 0.0936. The number of sulfone groups is 1. The first-order chi connectivity index (χ1) is 11.4. The van der Waals surface area contributed by atoms with Crippen LogP contribution in [0.5, 0.6) is 0 Å². The van der Waals surface area contributed by atoms with E-state index in [1.165, 1.54) is 4.40 Å². The maximum absolute atomic E-state index is 12.6. The summed E-state index contributed by atoms with van der Waals surface area (Å²) in [6.07, 6.45) is 5.95. The largest absolute Gasteiger partial charge is 0.344 e. The van der Waals surface area contributed by atoms with Gasteiger partial charge in [-0.1, -0.05) is 12.1 Å². The SMILES string of the molecule is C[C@@H](NC(=O)c1nc(S(C)(=O)=O)n2ccccc12)c1cccnc1. The van der Waals surface area contributed by atoms with Crippen LogP contribution < -0.4 is 5.32 Å². The molecule has 3 rings (SSSR count). The van der Waals surface area contributed by atoms with Crippen molar-refractivity contribution in [3.05, 3.63) is 60.2 Å². The fourth-order valence-electron chi connectivity index (χ4n) is 2.42. The standard InChI is InChI=1S/C16H16N4O3S/c1-11(12-6-5-8-17-10-12)18-15(21)14-13-7-3-4-9-20(13)16(19-14)24(2,22)23/h3-11H,1-2H3,(H,18,21)/t11-/m1/s1. The molecule has 0 unspecified atom stereocenters. The summed E-state index contributed by atoms with van der Waals surface area (Å²) < 4.78 is 25.2. The first-order valence-corrected chi connectivity index (χ1v) is 9.15. The van der Waals surface area contributed by atoms with Gasteiger partial charge in [0.2, 0.25) is 15.0 Å². The Morgan fingerprint density at radius 1 is 1.25 bits per heavy atom. The number of pyridine rings is 2. The molecule has 1 atom stereocenters. The summed E-state index contributed by atoms with van der Waals surface area (Å²) in [5.41, 5.74) is 1.36. The van der Waals surface area contributed by atoms with E-state index >= 15 is 0 Å². The second-order valence-corrected chi connectivity index (χ2v) is 7.36. The first kappa shape index (κ1) is 16.1. The molecule has 124 valence electrons. The van der Waals surface area contributed by atoms with Crippen LogP contribution in [0.25, 0.3) is 5.52 Å². The summed E-state index contributed by atoms with van der Waals surface area (Å²) in [6, 6.07) is 8.42. The maximum atomic E-state index is 12.6. The Bertz CT molecular complexity index is 997. The van der Waals surface area contributed by atoms with Gasteiger partial charge < -0.3 is 5.32 Å². The number of hydrogen-bond acceptors (Lipinski definition) is 5. The summed E-state index contributed by atoms with van der Waals surface area (Å²) in [7, 11) is -3.56. The fraction of sp³-hybridized carbons (Fsp3) is 0.188. The number of hydrogen-bond donors (Lipinski definition) is 1. The Hall–Kier alpha value is -2.74. The molecule has 3 aromatic rings. The molecular formula is C16H16N4O3S. The average molecular weight is 344 g/mol. The summed E-state index contributed by atoms with van der Waals surface area (Å²) in [5, 5.41) is 2.66. The highest BCUT2D eigenvalue weighted by atomic mass is 32.2. The molecule has 3 heterocycles. The van der Waals surface area contributed by atoms with Gasteiger partial charge in [0.05, 0.1) is 11.6 Å². The van der Waals surface area contributed by atoms with Gasteiger partial charge in [0.1, 0.15) is 0 Å². The lowest BCUT2D eigenvalue weighted by Gasteiger charge is -2.12. The Morgan fingerprint density at radius 3 is 2.71 bits per heavy atom. The van der Waals surface area contributed by atoms with Crippen LogP contribution >= 0.6 is 0 Å². The summed E-state index contributed by atoms with van der Waals surface area (Å²) in [6.45, 7) is 1.82. The van der Waals surface area contributed by atoms with Crippen LogP contribution in [-0.2, 0) is 9.84 Å². The molecule has 1 N–H and O–H groups in total. The predicted octanol–water partition coefficient (Wildman–Crippen LogP) is 1.62. The molecule has 0 aliphatic rings. The number of nitrogens with one attached hydrogen (secondary N) is 1. The molecule has 0 saturated heterocycles. The van der Waals surface area contributed by atoms with Gasteiger partial charge >= 0.3 is 0 Å². The molecule has 0 saturated carbocycles. The average Bonchev–Trinajstić information content (AvgIpc) is 2.95. The quantitative estimate of drug-likeness (QED) is 0.776. The van der Waals surface area contributed by atoms with E-state index in [2.05, 4.69) is 15.3 Å². The normalized spacial score (nSPS) is 12.9. The van der Waals surface area contributed by atoms with Crippen molar-refractivity contribution in [3.63, 3.8) is 0 Å². The molecule has 24 heavy (non-hydrogen) atoms. The van der Waals surface area contributed by atoms with Crippen molar-refractivity contribution in [1.82, 2.24) is 19.7 Å². The minimum atomic E-state index is -3.56. The second-order valence-electron chi connectivity index (χ2n) is 5.45. The highest BCUT2D eigenvalue weighted by Crippen LogP contribution is 2.18. The van der Waals surface area contributed by atoms with Gasteiger partial charge in [-0.2, -0.15) is 0 Å². The molecule has 7 nitrogen and oxygen atoms in total. The van der Waals surface area contributed by atoms with Gasteiger partial charge in [0.15, 0.2) is 5.69 Å². The van der Waals surface area contributed by atoms with E-state index in [0.29, 0.717) is 5.52 Å². The van der Waals surface area contributed by atoms with Crippen molar-refractivity contribution in [3.8, 4) is 0 Å². The Kier molecular flexibility index (Phi) is 4.06. The van der Waals surface area contributed by atoms with Crippen LogP contribution in [0.3, 0.4) is 0 Å². The maximum Gasteiger partial charge on any atom is 0.272 e. The van der Waals surface area contributed by atoms with E-state index in [1.54, 1.807) is 42.9 Å². The van der Waals surface area contributed by atoms with Crippen molar-refractivity contribution < 1.29 is 13.2 Å². The van der Waals surface area contributed by atoms with Gasteiger partial charge in [-0.3, -0.25) is 14.2 Å². The van der Waals surface area contributed by atoms with E-state index in [9.17, 15) is 13.2 Å². The zero-order valence-corrected chi connectivity index (χ0v) is 14.0. The molecular weight excluding hydrogens is 328 g/mol. The zero-order valence-electron chi connectivity index (χ0n) is 13.2. The first-order valence-electron chi connectivity index (χ1n) is 7.26. The van der Waals surface area contributed by atoms with Crippen LogP contribution in [0.2, 0.25) is 0 Å². The Morgan fingerprint density at radius 2 is 2.04 bits per heavy atom. The summed E-state index contributed by atoms with van der Waals surface area (Å²) in [5.74, 6) is -0.440. The summed E-state index contributed by atoms with van der Waals surface area (Å²) in [4.78, 5) is 20.7. The number of carbonyl (C=O) groups is 1. The van der Waals surface area contributed by atoms with E-state index in [4.69, 9.17) is 0 Å². The number of imidazole rings is 1. The van der Waals surface area contributed by atoms with Crippen molar-refractivity contribution >= 4 is 21.3 Å². The van der Waals surface area contributed by atoms with Crippen molar-refractivity contribution in [2.45, 2.75) is 18.1 Å². The highest BCUT2D eigenvalue weighted by Gasteiger charge is 2.23. The molecule has 0 aliphatic carbocycles. The highest BCUT2D eigenvalue weighted by molar-refractivity contribution is 7.90.